The highest BCUT2D eigenvalue weighted by Crippen LogP contribution is 2.37. The van der Waals surface area contributed by atoms with Gasteiger partial charge in [-0.25, -0.2) is 28.8 Å². The topological polar surface area (TPSA) is 105 Å². The van der Waals surface area contributed by atoms with Gasteiger partial charge in [-0.2, -0.15) is 5.10 Å². The van der Waals surface area contributed by atoms with Gasteiger partial charge in [0.25, 0.3) is 0 Å². The van der Waals surface area contributed by atoms with E-state index in [4.69, 9.17) is 21.3 Å². The van der Waals surface area contributed by atoms with Crippen molar-refractivity contribution in [3.8, 4) is 11.5 Å². The standard InChI is InChI=1S/C24H19ClFN9O/c25-21-18(36-15-5-6-35-20(8-15)28-12-30-35)3-1-16(22(21)26)32-24-23-17(27-11-29-24)2-4-19(33-23)34-9-13-7-14(10-34)31-13/h1-6,8,11-14,31H,7,9-10H2,(H,27,29,32). The molecule has 0 aliphatic carbocycles. The van der Waals surface area contributed by atoms with Crippen molar-refractivity contribution in [3.05, 3.63) is 66.1 Å². The van der Waals surface area contributed by atoms with E-state index in [9.17, 15) is 0 Å². The smallest absolute Gasteiger partial charge is 0.169 e. The predicted octanol–water partition coefficient (Wildman–Crippen LogP) is 3.95. The number of anilines is 3. The number of benzene rings is 1. The Bertz CT molecular complexity index is 1610. The number of pyridine rings is 2. The van der Waals surface area contributed by atoms with Crippen molar-refractivity contribution in [2.24, 2.45) is 0 Å². The lowest BCUT2D eigenvalue weighted by atomic mass is 9.91. The fourth-order valence-corrected chi connectivity index (χ4v) is 4.92. The number of piperazine rings is 1. The van der Waals surface area contributed by atoms with Crippen LogP contribution in [0.2, 0.25) is 5.02 Å². The first-order valence-electron chi connectivity index (χ1n) is 11.5. The molecule has 2 bridgehead atoms. The largest absolute Gasteiger partial charge is 0.455 e. The molecule has 2 unspecified atom stereocenters. The van der Waals surface area contributed by atoms with Gasteiger partial charge in [-0.05, 0) is 36.8 Å². The van der Waals surface area contributed by atoms with Crippen LogP contribution >= 0.6 is 11.6 Å². The number of ether oxygens (including phenoxy) is 1. The average molecular weight is 504 g/mol. The molecule has 3 aliphatic heterocycles. The normalized spacial score (nSPS) is 18.9. The lowest BCUT2D eigenvalue weighted by Crippen LogP contribution is -2.67. The first-order valence-corrected chi connectivity index (χ1v) is 11.8. The van der Waals surface area contributed by atoms with Crippen molar-refractivity contribution >= 4 is 45.6 Å². The van der Waals surface area contributed by atoms with Gasteiger partial charge in [0.2, 0.25) is 0 Å². The van der Waals surface area contributed by atoms with Crippen LogP contribution < -0.4 is 20.3 Å². The lowest BCUT2D eigenvalue weighted by molar-refractivity contribution is 0.225. The van der Waals surface area contributed by atoms with Gasteiger partial charge in [0.05, 0.1) is 11.2 Å². The number of aromatic nitrogens is 6. The zero-order chi connectivity index (χ0) is 24.2. The molecule has 180 valence electrons. The molecule has 3 saturated heterocycles. The number of fused-ring (bicyclic) bond motifs is 4. The fourth-order valence-electron chi connectivity index (χ4n) is 4.72. The SMILES string of the molecule is Fc1c(Nc2ncnc3ccc(N4CC5CC(C4)N5)nc23)ccc(Oc2ccn3ncnc3c2)c1Cl. The number of hydrogen-bond acceptors (Lipinski definition) is 9. The molecule has 36 heavy (non-hydrogen) atoms. The Hall–Kier alpha value is -4.09. The summed E-state index contributed by atoms with van der Waals surface area (Å²) in [6.07, 6.45) is 5.76. The van der Waals surface area contributed by atoms with Crippen LogP contribution in [0.3, 0.4) is 0 Å². The van der Waals surface area contributed by atoms with Gasteiger partial charge in [0.1, 0.15) is 40.5 Å². The monoisotopic (exact) mass is 503 g/mol. The van der Waals surface area contributed by atoms with Crippen LogP contribution in [-0.2, 0) is 0 Å². The third kappa shape index (κ3) is 3.64. The molecular weight excluding hydrogens is 485 g/mol. The summed E-state index contributed by atoms with van der Waals surface area (Å²) in [5.41, 5.74) is 1.96. The van der Waals surface area contributed by atoms with Crippen LogP contribution in [0.5, 0.6) is 11.5 Å². The molecule has 3 aliphatic rings. The Morgan fingerprint density at radius 1 is 1.06 bits per heavy atom. The summed E-state index contributed by atoms with van der Waals surface area (Å²) < 4.78 is 22.7. The van der Waals surface area contributed by atoms with Crippen LogP contribution in [0.15, 0.2) is 55.2 Å². The first kappa shape index (κ1) is 21.2. The van der Waals surface area contributed by atoms with Crippen molar-refractivity contribution in [1.29, 1.82) is 0 Å². The van der Waals surface area contributed by atoms with E-state index in [0.717, 1.165) is 18.9 Å². The zero-order valence-electron chi connectivity index (χ0n) is 18.8. The van der Waals surface area contributed by atoms with Gasteiger partial charge in [-0.3, -0.25) is 0 Å². The summed E-state index contributed by atoms with van der Waals surface area (Å²) in [6, 6.07) is 11.4. The van der Waals surface area contributed by atoms with E-state index in [1.54, 1.807) is 35.0 Å². The van der Waals surface area contributed by atoms with Crippen LogP contribution in [0.4, 0.5) is 21.7 Å². The molecule has 2 atom stereocenters. The van der Waals surface area contributed by atoms with Crippen molar-refractivity contribution in [1.82, 2.24) is 34.9 Å². The second-order valence-corrected chi connectivity index (χ2v) is 9.23. The van der Waals surface area contributed by atoms with Crippen molar-refractivity contribution < 1.29 is 9.13 Å². The molecule has 3 fully saturated rings. The van der Waals surface area contributed by atoms with Crippen LogP contribution in [0.1, 0.15) is 6.42 Å². The maximum atomic E-state index is 15.3. The van der Waals surface area contributed by atoms with Crippen molar-refractivity contribution in [2.75, 3.05) is 23.3 Å². The van der Waals surface area contributed by atoms with E-state index in [0.29, 0.717) is 40.3 Å². The molecule has 10 nitrogen and oxygen atoms in total. The Morgan fingerprint density at radius 3 is 2.78 bits per heavy atom. The maximum absolute atomic E-state index is 15.3. The minimum absolute atomic E-state index is 0.149. The Balaban J connectivity index is 1.17. The third-order valence-corrected chi connectivity index (χ3v) is 6.85. The minimum atomic E-state index is -0.664. The summed E-state index contributed by atoms with van der Waals surface area (Å²) in [5, 5.41) is 10.4. The molecule has 0 radical (unpaired) electrons. The number of nitrogens with zero attached hydrogens (tertiary/aromatic N) is 7. The third-order valence-electron chi connectivity index (χ3n) is 6.49. The molecule has 1 aromatic carbocycles. The van der Waals surface area contributed by atoms with Crippen LogP contribution in [0, 0.1) is 5.82 Å². The van der Waals surface area contributed by atoms with E-state index >= 15 is 4.39 Å². The molecule has 0 spiro atoms. The first-order chi connectivity index (χ1) is 17.6. The summed E-state index contributed by atoms with van der Waals surface area (Å²) >= 11 is 6.34. The molecule has 5 aromatic rings. The highest BCUT2D eigenvalue weighted by molar-refractivity contribution is 6.32. The summed E-state index contributed by atoms with van der Waals surface area (Å²) in [4.78, 5) is 19.8. The second-order valence-electron chi connectivity index (χ2n) is 8.85. The molecule has 12 heteroatoms. The van der Waals surface area contributed by atoms with Crippen LogP contribution in [-0.4, -0.2) is 54.7 Å². The van der Waals surface area contributed by atoms with E-state index < -0.39 is 5.82 Å². The number of hydrogen-bond donors (Lipinski definition) is 2. The summed E-state index contributed by atoms with van der Waals surface area (Å²) in [5.74, 6) is 1.21. The summed E-state index contributed by atoms with van der Waals surface area (Å²) in [6.45, 7) is 1.81. The highest BCUT2D eigenvalue weighted by atomic mass is 35.5. The number of halogens is 2. The number of piperidine rings is 1. The van der Waals surface area contributed by atoms with Gasteiger partial charge in [0, 0.05) is 37.4 Å². The Kier molecular flexibility index (Phi) is 4.86. The van der Waals surface area contributed by atoms with Crippen molar-refractivity contribution in [3.63, 3.8) is 0 Å². The van der Waals surface area contributed by atoms with Gasteiger partial charge in [0.15, 0.2) is 17.3 Å². The molecule has 0 saturated carbocycles. The van der Waals surface area contributed by atoms with Gasteiger partial charge < -0.3 is 20.3 Å². The number of nitrogens with one attached hydrogen (secondary N) is 2. The maximum Gasteiger partial charge on any atom is 0.169 e. The Labute approximate surface area is 209 Å². The number of rotatable bonds is 5. The van der Waals surface area contributed by atoms with E-state index in [1.807, 2.05) is 12.1 Å². The quantitative estimate of drug-likeness (QED) is 0.369. The lowest BCUT2D eigenvalue weighted by Gasteiger charge is -2.48. The highest BCUT2D eigenvalue weighted by Gasteiger charge is 2.36. The molecule has 0 amide bonds. The van der Waals surface area contributed by atoms with E-state index in [-0.39, 0.29) is 16.5 Å². The van der Waals surface area contributed by atoms with Crippen LogP contribution in [0.25, 0.3) is 16.7 Å². The molecule has 7 heterocycles. The molecular formula is C24H19ClFN9O. The van der Waals surface area contributed by atoms with Gasteiger partial charge in [-0.1, -0.05) is 11.6 Å². The molecule has 2 N–H and O–H groups in total. The van der Waals surface area contributed by atoms with E-state index in [2.05, 4.69) is 35.6 Å². The van der Waals surface area contributed by atoms with Gasteiger partial charge >= 0.3 is 0 Å². The zero-order valence-corrected chi connectivity index (χ0v) is 19.5. The van der Waals surface area contributed by atoms with Gasteiger partial charge in [-0.15, -0.1) is 0 Å². The predicted molar refractivity (Wildman–Crippen MR) is 133 cm³/mol. The fraction of sp³-hybridized carbons (Fsp3) is 0.208. The Morgan fingerprint density at radius 2 is 1.92 bits per heavy atom. The second kappa shape index (κ2) is 8.25. The average Bonchev–Trinajstić information content (AvgIpc) is 3.36. The molecule has 8 rings (SSSR count). The summed E-state index contributed by atoms with van der Waals surface area (Å²) in [7, 11) is 0. The molecule has 4 aromatic heterocycles. The van der Waals surface area contributed by atoms with E-state index in [1.165, 1.54) is 19.1 Å². The van der Waals surface area contributed by atoms with Crippen molar-refractivity contribution in [2.45, 2.75) is 18.5 Å². The minimum Gasteiger partial charge on any atom is -0.455 e.